The van der Waals surface area contributed by atoms with Crippen molar-refractivity contribution in [1.82, 2.24) is 9.80 Å². The number of hydrogen-bond donors (Lipinski definition) is 1. The van der Waals surface area contributed by atoms with Crippen LogP contribution in [0.15, 0.2) is 30.3 Å². The molecule has 30 heavy (non-hydrogen) atoms. The number of para-hydroxylation sites is 1. The van der Waals surface area contributed by atoms with Crippen molar-refractivity contribution in [1.29, 1.82) is 0 Å². The zero-order valence-electron chi connectivity index (χ0n) is 17.4. The monoisotopic (exact) mass is 441 g/mol. The molecule has 3 aliphatic rings. The third kappa shape index (κ3) is 3.86. The number of benzene rings is 1. The number of carbonyl (C=O) groups excluding carboxylic acids is 3. The van der Waals surface area contributed by atoms with Crippen LogP contribution in [0.5, 0.6) is 0 Å². The fraction of sp³-hybridized carbons (Fsp3) is 0.550. The summed E-state index contributed by atoms with van der Waals surface area (Å²) in [6.45, 7) is 5.67. The number of aliphatic hydroxyl groups is 1. The molecule has 3 fully saturated rings. The predicted octanol–water partition coefficient (Wildman–Crippen LogP) is -3.87. The number of rotatable bonds is 4. The van der Waals surface area contributed by atoms with Gasteiger partial charge in [0.2, 0.25) is 5.91 Å². The number of nitrogens with zero attached hydrogens (tertiary/aromatic N) is 3. The van der Waals surface area contributed by atoms with E-state index in [0.717, 1.165) is 5.69 Å². The van der Waals surface area contributed by atoms with E-state index < -0.39 is 46.0 Å². The fourth-order valence-corrected chi connectivity index (χ4v) is 6.19. The molecule has 0 aliphatic carbocycles. The van der Waals surface area contributed by atoms with E-state index in [1.807, 2.05) is 30.3 Å². The van der Waals surface area contributed by atoms with Gasteiger partial charge in [0.1, 0.15) is 12.0 Å². The van der Waals surface area contributed by atoms with Crippen LogP contribution in [0.4, 0.5) is 5.69 Å². The topological polar surface area (TPSA) is 104 Å². The molecular formula is C20H24N3NaO5S. The van der Waals surface area contributed by atoms with E-state index in [1.54, 1.807) is 18.7 Å². The first-order valence-electron chi connectivity index (χ1n) is 9.70. The molecular weight excluding hydrogens is 417 g/mol. The van der Waals surface area contributed by atoms with E-state index in [2.05, 4.69) is 4.90 Å². The van der Waals surface area contributed by atoms with Crippen molar-refractivity contribution >= 4 is 35.2 Å². The van der Waals surface area contributed by atoms with Gasteiger partial charge in [-0.25, -0.2) is 0 Å². The Balaban J connectivity index is 0.00000256. The second kappa shape index (κ2) is 8.70. The van der Waals surface area contributed by atoms with Crippen molar-refractivity contribution in [3.05, 3.63) is 30.3 Å². The average Bonchev–Trinajstić information content (AvgIpc) is 2.95. The molecule has 4 rings (SSSR count). The van der Waals surface area contributed by atoms with Gasteiger partial charge in [-0.2, -0.15) is 0 Å². The minimum Gasteiger partial charge on any atom is -0.548 e. The molecule has 1 aromatic carbocycles. The summed E-state index contributed by atoms with van der Waals surface area (Å²) in [5.74, 6) is -3.19. The maximum atomic E-state index is 12.8. The van der Waals surface area contributed by atoms with Crippen molar-refractivity contribution < 1.29 is 54.2 Å². The van der Waals surface area contributed by atoms with Crippen molar-refractivity contribution in [3.63, 3.8) is 0 Å². The Morgan fingerprint density at radius 1 is 1.17 bits per heavy atom. The minimum atomic E-state index is -1.46. The average molecular weight is 441 g/mol. The summed E-state index contributed by atoms with van der Waals surface area (Å²) in [5.41, 5.74) is 1.09. The van der Waals surface area contributed by atoms with Crippen LogP contribution in [0.3, 0.4) is 0 Å². The first kappa shape index (κ1) is 23.4. The van der Waals surface area contributed by atoms with Crippen molar-refractivity contribution in [2.24, 2.45) is 5.92 Å². The summed E-state index contributed by atoms with van der Waals surface area (Å²) < 4.78 is -0.738. The van der Waals surface area contributed by atoms with Gasteiger partial charge < -0.3 is 29.7 Å². The Bertz CT molecular complexity index is 831. The summed E-state index contributed by atoms with van der Waals surface area (Å²) >= 11 is 1.30. The summed E-state index contributed by atoms with van der Waals surface area (Å²) in [6.07, 6.45) is -1.46. The number of carboxylic acids is 1. The first-order valence-corrected chi connectivity index (χ1v) is 10.6. The quantitative estimate of drug-likeness (QED) is 0.377. The van der Waals surface area contributed by atoms with Crippen molar-refractivity contribution in [2.45, 2.75) is 36.1 Å². The molecule has 1 N–H and O–H groups in total. The SMILES string of the molecule is CC1(C)S[C@@H]2[C@H]([C@H](O)C(=O)N3CCN(c4ccccc4)CC3)C(=O)N2[C@H]1C(=O)[O-].[Na+]. The van der Waals surface area contributed by atoms with Gasteiger partial charge in [0.15, 0.2) is 0 Å². The first-order chi connectivity index (χ1) is 13.7. The molecule has 0 unspecified atom stereocenters. The van der Waals surface area contributed by atoms with Crippen molar-refractivity contribution in [2.75, 3.05) is 31.1 Å². The van der Waals surface area contributed by atoms with Crippen LogP contribution in [-0.2, 0) is 14.4 Å². The number of aliphatic hydroxyl groups excluding tert-OH is 1. The summed E-state index contributed by atoms with van der Waals surface area (Å²) in [4.78, 5) is 41.9. The molecule has 3 heterocycles. The molecule has 0 radical (unpaired) electrons. The molecule has 3 aliphatic heterocycles. The van der Waals surface area contributed by atoms with Crippen LogP contribution < -0.4 is 39.6 Å². The molecule has 8 nitrogen and oxygen atoms in total. The van der Waals surface area contributed by atoms with Gasteiger partial charge in [-0.15, -0.1) is 11.8 Å². The van der Waals surface area contributed by atoms with E-state index in [9.17, 15) is 24.6 Å². The Morgan fingerprint density at radius 3 is 2.33 bits per heavy atom. The van der Waals surface area contributed by atoms with Crippen LogP contribution >= 0.6 is 11.8 Å². The number of anilines is 1. The number of β-lactam (4-membered cyclic amide) rings is 1. The number of amides is 2. The van der Waals surface area contributed by atoms with Crippen LogP contribution in [0.25, 0.3) is 0 Å². The Labute approximate surface area is 201 Å². The van der Waals surface area contributed by atoms with Gasteiger partial charge in [0.05, 0.1) is 17.4 Å². The molecule has 0 spiro atoms. The Hall–Kier alpha value is -1.26. The smallest absolute Gasteiger partial charge is 0.548 e. The predicted molar refractivity (Wildman–Crippen MR) is 106 cm³/mol. The van der Waals surface area contributed by atoms with E-state index in [1.165, 1.54) is 16.7 Å². The number of carbonyl (C=O) groups is 3. The maximum Gasteiger partial charge on any atom is 1.00 e. The second-order valence-electron chi connectivity index (χ2n) is 8.20. The summed E-state index contributed by atoms with van der Waals surface area (Å²) in [5, 5.41) is 21.6. The summed E-state index contributed by atoms with van der Waals surface area (Å²) in [7, 11) is 0. The van der Waals surface area contributed by atoms with Crippen LogP contribution in [0.2, 0.25) is 0 Å². The molecule has 4 atom stereocenters. The number of piperazine rings is 1. The zero-order valence-corrected chi connectivity index (χ0v) is 20.2. The second-order valence-corrected chi connectivity index (χ2v) is 9.97. The van der Waals surface area contributed by atoms with Gasteiger partial charge in [-0.1, -0.05) is 18.2 Å². The molecule has 0 saturated carbocycles. The van der Waals surface area contributed by atoms with Gasteiger partial charge in [-0.3, -0.25) is 9.59 Å². The Morgan fingerprint density at radius 2 is 1.77 bits per heavy atom. The van der Waals surface area contributed by atoms with Crippen molar-refractivity contribution in [3.8, 4) is 0 Å². The van der Waals surface area contributed by atoms with E-state index in [4.69, 9.17) is 0 Å². The van der Waals surface area contributed by atoms with Gasteiger partial charge in [0.25, 0.3) is 5.91 Å². The van der Waals surface area contributed by atoms with Gasteiger partial charge >= 0.3 is 29.6 Å². The number of carboxylic acid groups (broad SMARTS) is 1. The molecule has 0 aromatic heterocycles. The van der Waals surface area contributed by atoms with Crippen LogP contribution in [-0.4, -0.2) is 81.1 Å². The number of hydrogen-bond acceptors (Lipinski definition) is 7. The normalized spacial score (nSPS) is 28.3. The molecule has 1 aromatic rings. The third-order valence-electron chi connectivity index (χ3n) is 6.01. The standard InChI is InChI=1S/C20H25N3O5S.Na/c1-20(2)15(19(27)28)23-16(25)13(18(23)29-20)14(24)17(26)22-10-8-21(9-11-22)12-6-4-3-5-7-12;/h3-7,13-15,18,24H,8-11H2,1-2H3,(H,27,28);/q;+1/p-1/t13-,14+,15+,18-;/m1./s1. The zero-order chi connectivity index (χ0) is 20.9. The number of aliphatic carboxylic acids is 1. The maximum absolute atomic E-state index is 12.8. The third-order valence-corrected chi connectivity index (χ3v) is 7.60. The van der Waals surface area contributed by atoms with E-state index in [0.29, 0.717) is 26.2 Å². The van der Waals surface area contributed by atoms with Gasteiger partial charge in [-0.05, 0) is 26.0 Å². The van der Waals surface area contributed by atoms with Crippen LogP contribution in [0.1, 0.15) is 13.8 Å². The molecule has 156 valence electrons. The van der Waals surface area contributed by atoms with Gasteiger partial charge in [0, 0.05) is 36.6 Å². The largest absolute Gasteiger partial charge is 1.00 e. The molecule has 2 amide bonds. The molecule has 10 heteroatoms. The van der Waals surface area contributed by atoms with Crippen LogP contribution in [0, 0.1) is 5.92 Å². The molecule has 3 saturated heterocycles. The molecule has 0 bridgehead atoms. The minimum absolute atomic E-state index is 0. The van der Waals surface area contributed by atoms with E-state index in [-0.39, 0.29) is 29.6 Å². The Kier molecular flexibility index (Phi) is 6.79. The number of fused-ring (bicyclic) bond motifs is 1. The number of thioether (sulfide) groups is 1. The summed E-state index contributed by atoms with van der Waals surface area (Å²) in [6, 6.07) is 8.85. The fourth-order valence-electron chi connectivity index (χ4n) is 4.48. The van der Waals surface area contributed by atoms with E-state index >= 15 is 0 Å².